The van der Waals surface area contributed by atoms with E-state index < -0.39 is 10.8 Å². The summed E-state index contributed by atoms with van der Waals surface area (Å²) in [5.74, 6) is -0.175. The third-order valence-corrected chi connectivity index (χ3v) is 2.86. The normalized spacial score (nSPS) is 10.2. The molecular formula is C11H10N4O4S. The molecule has 2 aromatic rings. The first kappa shape index (κ1) is 14.0. The van der Waals surface area contributed by atoms with Gasteiger partial charge in [-0.25, -0.2) is 0 Å². The Morgan fingerprint density at radius 3 is 2.95 bits per heavy atom. The highest BCUT2D eigenvalue weighted by molar-refractivity contribution is 7.98. The molecule has 0 aliphatic carbocycles. The molecule has 0 unspecified atom stereocenters. The van der Waals surface area contributed by atoms with Gasteiger partial charge in [-0.05, 0) is 12.3 Å². The van der Waals surface area contributed by atoms with Crippen LogP contribution >= 0.6 is 11.8 Å². The summed E-state index contributed by atoms with van der Waals surface area (Å²) >= 11 is 1.30. The first-order chi connectivity index (χ1) is 9.60. The van der Waals surface area contributed by atoms with Crippen molar-refractivity contribution in [3.05, 3.63) is 45.8 Å². The van der Waals surface area contributed by atoms with Gasteiger partial charge in [-0.2, -0.15) is 0 Å². The molecule has 1 amide bonds. The van der Waals surface area contributed by atoms with E-state index in [1.54, 1.807) is 6.26 Å². The Bertz CT molecular complexity index is 643. The molecule has 0 radical (unpaired) electrons. The molecule has 20 heavy (non-hydrogen) atoms. The summed E-state index contributed by atoms with van der Waals surface area (Å²) in [6.45, 7) is 0.0646. The summed E-state index contributed by atoms with van der Waals surface area (Å²) in [6, 6.07) is 5.46. The van der Waals surface area contributed by atoms with E-state index in [2.05, 4.69) is 15.5 Å². The van der Waals surface area contributed by atoms with Crippen LogP contribution in [0, 0.1) is 10.1 Å². The van der Waals surface area contributed by atoms with Crippen LogP contribution in [0.4, 0.5) is 5.69 Å². The minimum atomic E-state index is -0.556. The zero-order valence-corrected chi connectivity index (χ0v) is 11.2. The highest BCUT2D eigenvalue weighted by atomic mass is 32.2. The first-order valence-electron chi connectivity index (χ1n) is 5.49. The van der Waals surface area contributed by atoms with Crippen LogP contribution in [-0.4, -0.2) is 27.3 Å². The molecule has 1 N–H and O–H groups in total. The zero-order valence-electron chi connectivity index (χ0n) is 10.4. The standard InChI is InChI=1S/C11H10N4O4S/c1-20-11-14-13-9(19-11)6-12-10(16)7-3-2-4-8(5-7)15(17)18/h2-5H,6H2,1H3,(H,12,16). The minimum absolute atomic E-state index is 0.0646. The van der Waals surface area contributed by atoms with Gasteiger partial charge in [0.1, 0.15) is 0 Å². The largest absolute Gasteiger partial charge is 0.414 e. The van der Waals surface area contributed by atoms with Gasteiger partial charge in [-0.15, -0.1) is 10.2 Å². The first-order valence-corrected chi connectivity index (χ1v) is 6.71. The highest BCUT2D eigenvalue weighted by Gasteiger charge is 2.12. The van der Waals surface area contributed by atoms with Gasteiger partial charge in [0, 0.05) is 17.7 Å². The molecule has 0 aliphatic heterocycles. The number of nitrogens with one attached hydrogen (secondary N) is 1. The topological polar surface area (TPSA) is 111 Å². The number of hydrogen-bond donors (Lipinski definition) is 1. The van der Waals surface area contributed by atoms with Gasteiger partial charge >= 0.3 is 0 Å². The number of aromatic nitrogens is 2. The number of rotatable bonds is 5. The van der Waals surface area contributed by atoms with Gasteiger partial charge in [0.2, 0.25) is 5.89 Å². The van der Waals surface area contributed by atoms with E-state index in [1.165, 1.54) is 36.0 Å². The fourth-order valence-electron chi connectivity index (χ4n) is 1.41. The van der Waals surface area contributed by atoms with Crippen molar-refractivity contribution in [3.63, 3.8) is 0 Å². The van der Waals surface area contributed by atoms with Crippen LogP contribution in [0.5, 0.6) is 0 Å². The Labute approximate surface area is 117 Å². The maximum atomic E-state index is 11.8. The third-order valence-electron chi connectivity index (χ3n) is 2.34. The number of nitro benzene ring substituents is 1. The fourth-order valence-corrected chi connectivity index (χ4v) is 1.71. The molecule has 0 atom stereocenters. The van der Waals surface area contributed by atoms with Crippen LogP contribution in [0.3, 0.4) is 0 Å². The van der Waals surface area contributed by atoms with Crippen molar-refractivity contribution in [1.29, 1.82) is 0 Å². The van der Waals surface area contributed by atoms with Crippen LogP contribution in [0.25, 0.3) is 0 Å². The van der Waals surface area contributed by atoms with Crippen LogP contribution in [-0.2, 0) is 6.54 Å². The van der Waals surface area contributed by atoms with Crippen molar-refractivity contribution in [2.45, 2.75) is 11.8 Å². The lowest BCUT2D eigenvalue weighted by Gasteiger charge is -2.02. The van der Waals surface area contributed by atoms with E-state index in [0.717, 1.165) is 0 Å². The molecular weight excluding hydrogens is 284 g/mol. The second-order valence-corrected chi connectivity index (χ2v) is 4.41. The van der Waals surface area contributed by atoms with E-state index in [9.17, 15) is 14.9 Å². The predicted molar refractivity (Wildman–Crippen MR) is 70.3 cm³/mol. The molecule has 8 nitrogen and oxygen atoms in total. The van der Waals surface area contributed by atoms with Crippen molar-refractivity contribution in [2.24, 2.45) is 0 Å². The fraction of sp³-hybridized carbons (Fsp3) is 0.182. The number of carbonyl (C=O) groups excluding carboxylic acids is 1. The van der Waals surface area contributed by atoms with E-state index >= 15 is 0 Å². The van der Waals surface area contributed by atoms with Crippen molar-refractivity contribution in [1.82, 2.24) is 15.5 Å². The Morgan fingerprint density at radius 2 is 2.30 bits per heavy atom. The molecule has 0 fully saturated rings. The number of non-ortho nitro benzene ring substituents is 1. The lowest BCUT2D eigenvalue weighted by molar-refractivity contribution is -0.384. The molecule has 104 valence electrons. The van der Waals surface area contributed by atoms with Crippen LogP contribution in [0.2, 0.25) is 0 Å². The van der Waals surface area contributed by atoms with E-state index in [-0.39, 0.29) is 23.7 Å². The lowest BCUT2D eigenvalue weighted by atomic mass is 10.2. The molecule has 0 bridgehead atoms. The van der Waals surface area contributed by atoms with Gasteiger partial charge in [0.15, 0.2) is 0 Å². The Morgan fingerprint density at radius 1 is 1.50 bits per heavy atom. The maximum absolute atomic E-state index is 11.8. The number of nitrogens with zero attached hydrogens (tertiary/aromatic N) is 3. The van der Waals surface area contributed by atoms with Crippen molar-refractivity contribution in [2.75, 3.05) is 6.26 Å². The van der Waals surface area contributed by atoms with E-state index in [4.69, 9.17) is 4.42 Å². The van der Waals surface area contributed by atoms with Gasteiger partial charge in [0.05, 0.1) is 11.5 Å². The number of nitro groups is 1. The quantitative estimate of drug-likeness (QED) is 0.506. The predicted octanol–water partition coefficient (Wildman–Crippen LogP) is 1.63. The van der Waals surface area contributed by atoms with Crippen molar-refractivity contribution in [3.8, 4) is 0 Å². The molecule has 9 heteroatoms. The molecule has 0 spiro atoms. The van der Waals surface area contributed by atoms with Gasteiger partial charge in [-0.3, -0.25) is 14.9 Å². The lowest BCUT2D eigenvalue weighted by Crippen LogP contribution is -2.23. The Kier molecular flexibility index (Phi) is 4.31. The maximum Gasteiger partial charge on any atom is 0.276 e. The Balaban J connectivity index is 2.01. The molecule has 1 aromatic carbocycles. The summed E-state index contributed by atoms with van der Waals surface area (Å²) in [4.78, 5) is 21.9. The van der Waals surface area contributed by atoms with Gasteiger partial charge < -0.3 is 9.73 Å². The second-order valence-electron chi connectivity index (χ2n) is 3.66. The average Bonchev–Trinajstić information content (AvgIpc) is 2.93. The molecule has 0 saturated carbocycles. The molecule has 1 aromatic heterocycles. The van der Waals surface area contributed by atoms with Crippen molar-refractivity contribution < 1.29 is 14.1 Å². The van der Waals surface area contributed by atoms with Crippen molar-refractivity contribution >= 4 is 23.4 Å². The summed E-state index contributed by atoms with van der Waals surface area (Å²) < 4.78 is 5.20. The summed E-state index contributed by atoms with van der Waals surface area (Å²) in [6.07, 6.45) is 1.79. The smallest absolute Gasteiger partial charge is 0.276 e. The van der Waals surface area contributed by atoms with Gasteiger partial charge in [-0.1, -0.05) is 17.8 Å². The molecule has 0 aliphatic rings. The summed E-state index contributed by atoms with van der Waals surface area (Å²) in [5.41, 5.74) is 0.0592. The van der Waals surface area contributed by atoms with Crippen LogP contribution in [0.15, 0.2) is 33.9 Å². The SMILES string of the molecule is CSc1nnc(CNC(=O)c2cccc([N+](=O)[O-])c2)o1. The molecule has 2 rings (SSSR count). The number of thioether (sulfide) groups is 1. The van der Waals surface area contributed by atoms with Crippen LogP contribution in [0.1, 0.15) is 16.2 Å². The zero-order chi connectivity index (χ0) is 14.5. The number of carbonyl (C=O) groups is 1. The monoisotopic (exact) mass is 294 g/mol. The summed E-state index contributed by atoms with van der Waals surface area (Å²) in [7, 11) is 0. The van der Waals surface area contributed by atoms with Gasteiger partial charge in [0.25, 0.3) is 16.8 Å². The molecule has 1 heterocycles. The highest BCUT2D eigenvalue weighted by Crippen LogP contribution is 2.14. The summed E-state index contributed by atoms with van der Waals surface area (Å²) in [5, 5.41) is 21.1. The van der Waals surface area contributed by atoms with E-state index in [1.807, 2.05) is 0 Å². The number of amides is 1. The van der Waals surface area contributed by atoms with Crippen LogP contribution < -0.4 is 5.32 Å². The number of hydrogen-bond acceptors (Lipinski definition) is 7. The average molecular weight is 294 g/mol. The second kappa shape index (κ2) is 6.15. The molecule has 0 saturated heterocycles. The minimum Gasteiger partial charge on any atom is -0.414 e. The Hall–Kier alpha value is -2.42. The number of benzene rings is 1. The van der Waals surface area contributed by atoms with E-state index in [0.29, 0.717) is 5.22 Å². The third kappa shape index (κ3) is 3.32.